The first-order valence-corrected chi connectivity index (χ1v) is 4.63. The van der Waals surface area contributed by atoms with E-state index < -0.39 is 18.2 Å². The van der Waals surface area contributed by atoms with Gasteiger partial charge in [-0.25, -0.2) is 4.79 Å². The van der Waals surface area contributed by atoms with Crippen molar-refractivity contribution in [3.05, 3.63) is 0 Å². The van der Waals surface area contributed by atoms with Crippen molar-refractivity contribution in [3.8, 4) is 12.3 Å². The molecule has 1 fully saturated rings. The van der Waals surface area contributed by atoms with E-state index in [0.717, 1.165) is 0 Å². The summed E-state index contributed by atoms with van der Waals surface area (Å²) < 4.78 is 5.09. The van der Waals surface area contributed by atoms with Crippen LogP contribution >= 0.6 is 0 Å². The summed E-state index contributed by atoms with van der Waals surface area (Å²) in [5.74, 6) is 1.06. The monoisotopic (exact) mass is 211 g/mol. The zero-order valence-electron chi connectivity index (χ0n) is 8.47. The second kappa shape index (κ2) is 4.80. The fourth-order valence-corrected chi connectivity index (χ4v) is 1.46. The number of hydrogen-bond acceptors (Lipinski definition) is 3. The van der Waals surface area contributed by atoms with Crippen molar-refractivity contribution in [2.45, 2.75) is 25.0 Å². The summed E-state index contributed by atoms with van der Waals surface area (Å²) in [5, 5.41) is 8.67. The Balaban J connectivity index is 2.50. The van der Waals surface area contributed by atoms with Gasteiger partial charge in [0.25, 0.3) is 5.91 Å². The van der Waals surface area contributed by atoms with E-state index in [0.29, 0.717) is 12.8 Å². The van der Waals surface area contributed by atoms with Gasteiger partial charge in [0.05, 0.1) is 6.54 Å². The maximum Gasteiger partial charge on any atom is 0.332 e. The second-order valence-electron chi connectivity index (χ2n) is 3.43. The fourth-order valence-electron chi connectivity index (χ4n) is 1.46. The van der Waals surface area contributed by atoms with Crippen LogP contribution in [0.15, 0.2) is 0 Å². The predicted octanol–water partition coefficient (Wildman–Crippen LogP) is -0.290. The van der Waals surface area contributed by atoms with Crippen LogP contribution in [0.1, 0.15) is 12.8 Å². The van der Waals surface area contributed by atoms with Gasteiger partial charge in [-0.15, -0.1) is 6.42 Å². The minimum atomic E-state index is -1.02. The predicted molar refractivity (Wildman–Crippen MR) is 52.0 cm³/mol. The molecule has 5 nitrogen and oxygen atoms in total. The molecule has 1 saturated heterocycles. The zero-order valence-corrected chi connectivity index (χ0v) is 8.47. The maximum absolute atomic E-state index is 11.6. The number of carbonyl (C=O) groups is 2. The van der Waals surface area contributed by atoms with Crippen LogP contribution in [0.2, 0.25) is 0 Å². The number of carbonyl (C=O) groups excluding carboxylic acids is 1. The molecule has 0 unspecified atom stereocenters. The number of carboxylic acids is 1. The Kier molecular flexibility index (Phi) is 3.69. The number of rotatable bonds is 3. The lowest BCUT2D eigenvalue weighted by atomic mass is 10.2. The third-order valence-electron chi connectivity index (χ3n) is 2.28. The van der Waals surface area contributed by atoms with Gasteiger partial charge in [-0.1, -0.05) is 5.92 Å². The Morgan fingerprint density at radius 3 is 2.60 bits per heavy atom. The summed E-state index contributed by atoms with van der Waals surface area (Å²) in [4.78, 5) is 23.6. The van der Waals surface area contributed by atoms with Crippen LogP contribution < -0.4 is 0 Å². The van der Waals surface area contributed by atoms with E-state index in [2.05, 4.69) is 5.92 Å². The smallest absolute Gasteiger partial charge is 0.332 e. The standard InChI is InChI=1S/C10H13NO4/c1-3-6-11(2)9(12)7-4-5-8(15-7)10(13)14/h1,7-8H,4-6H2,2H3,(H,13,14)/t7-,8+/m0/s1. The third kappa shape index (κ3) is 2.70. The minimum absolute atomic E-state index is 0.205. The largest absolute Gasteiger partial charge is 0.479 e. The molecule has 1 aliphatic heterocycles. The van der Waals surface area contributed by atoms with Crippen molar-refractivity contribution in [3.63, 3.8) is 0 Å². The lowest BCUT2D eigenvalue weighted by molar-refractivity contribution is -0.154. The number of nitrogens with zero attached hydrogens (tertiary/aromatic N) is 1. The van der Waals surface area contributed by atoms with E-state index in [-0.39, 0.29) is 12.5 Å². The Bertz CT molecular complexity index is 307. The first kappa shape index (κ1) is 11.5. The zero-order chi connectivity index (χ0) is 11.4. The Labute approximate surface area is 88.0 Å². The molecular weight excluding hydrogens is 198 g/mol. The van der Waals surface area contributed by atoms with Gasteiger partial charge in [-0.3, -0.25) is 4.79 Å². The highest BCUT2D eigenvalue weighted by atomic mass is 16.5. The summed E-state index contributed by atoms with van der Waals surface area (Å²) >= 11 is 0. The van der Waals surface area contributed by atoms with Crippen LogP contribution in [-0.2, 0) is 14.3 Å². The molecule has 1 N–H and O–H groups in total. The summed E-state index contributed by atoms with van der Waals surface area (Å²) in [5.41, 5.74) is 0. The molecule has 1 heterocycles. The second-order valence-corrected chi connectivity index (χ2v) is 3.43. The number of aliphatic carboxylic acids is 1. The number of amides is 1. The molecule has 1 aliphatic rings. The Morgan fingerprint density at radius 1 is 1.53 bits per heavy atom. The van der Waals surface area contributed by atoms with Crippen LogP contribution in [0.3, 0.4) is 0 Å². The fraction of sp³-hybridized carbons (Fsp3) is 0.600. The molecular formula is C10H13NO4. The molecule has 0 aromatic rings. The quantitative estimate of drug-likeness (QED) is 0.651. The van der Waals surface area contributed by atoms with E-state index in [1.54, 1.807) is 7.05 Å². The summed E-state index contributed by atoms with van der Waals surface area (Å²) in [6, 6.07) is 0. The lowest BCUT2D eigenvalue weighted by Gasteiger charge is -2.18. The van der Waals surface area contributed by atoms with Gasteiger partial charge in [-0.2, -0.15) is 0 Å². The highest BCUT2D eigenvalue weighted by Gasteiger charge is 2.35. The number of hydrogen-bond donors (Lipinski definition) is 1. The Morgan fingerprint density at radius 2 is 2.13 bits per heavy atom. The summed E-state index contributed by atoms with van der Waals surface area (Å²) in [7, 11) is 1.57. The molecule has 0 aliphatic carbocycles. The van der Waals surface area contributed by atoms with Crippen LogP contribution in [0.5, 0.6) is 0 Å². The molecule has 1 amide bonds. The van der Waals surface area contributed by atoms with E-state index in [9.17, 15) is 9.59 Å². The third-order valence-corrected chi connectivity index (χ3v) is 2.28. The van der Waals surface area contributed by atoms with Crippen molar-refractivity contribution in [1.29, 1.82) is 0 Å². The molecule has 0 spiro atoms. The summed E-state index contributed by atoms with van der Waals surface area (Å²) in [6.07, 6.45) is 4.34. The Hall–Kier alpha value is -1.54. The molecule has 0 bridgehead atoms. The number of ether oxygens (including phenoxy) is 1. The normalized spacial score (nSPS) is 24.5. The van der Waals surface area contributed by atoms with Crippen molar-refractivity contribution in [1.82, 2.24) is 4.90 Å². The highest BCUT2D eigenvalue weighted by molar-refractivity contribution is 5.82. The van der Waals surface area contributed by atoms with Gasteiger partial charge < -0.3 is 14.7 Å². The average molecular weight is 211 g/mol. The van der Waals surface area contributed by atoms with E-state index in [1.807, 2.05) is 0 Å². The first-order chi connectivity index (χ1) is 7.06. The van der Waals surface area contributed by atoms with Crippen molar-refractivity contribution >= 4 is 11.9 Å². The van der Waals surface area contributed by atoms with Crippen molar-refractivity contribution < 1.29 is 19.4 Å². The lowest BCUT2D eigenvalue weighted by Crippen LogP contribution is -2.37. The topological polar surface area (TPSA) is 66.8 Å². The molecule has 0 saturated carbocycles. The van der Waals surface area contributed by atoms with Crippen LogP contribution in [0.25, 0.3) is 0 Å². The van der Waals surface area contributed by atoms with Gasteiger partial charge in [0.15, 0.2) is 6.10 Å². The molecule has 0 aromatic carbocycles. The average Bonchev–Trinajstić information content (AvgIpc) is 2.65. The molecule has 0 aromatic heterocycles. The minimum Gasteiger partial charge on any atom is -0.479 e. The number of carboxylic acid groups (broad SMARTS) is 1. The summed E-state index contributed by atoms with van der Waals surface area (Å²) in [6.45, 7) is 0.205. The van der Waals surface area contributed by atoms with Crippen LogP contribution in [-0.4, -0.2) is 47.7 Å². The molecule has 82 valence electrons. The van der Waals surface area contributed by atoms with Crippen LogP contribution in [0.4, 0.5) is 0 Å². The van der Waals surface area contributed by atoms with Crippen molar-refractivity contribution in [2.75, 3.05) is 13.6 Å². The van der Waals surface area contributed by atoms with Gasteiger partial charge in [0.1, 0.15) is 6.10 Å². The molecule has 15 heavy (non-hydrogen) atoms. The van der Waals surface area contributed by atoms with E-state index in [4.69, 9.17) is 16.3 Å². The van der Waals surface area contributed by atoms with Crippen LogP contribution in [0, 0.1) is 12.3 Å². The molecule has 5 heteroatoms. The first-order valence-electron chi connectivity index (χ1n) is 4.63. The van der Waals surface area contributed by atoms with Gasteiger partial charge >= 0.3 is 5.97 Å². The van der Waals surface area contributed by atoms with Crippen molar-refractivity contribution in [2.24, 2.45) is 0 Å². The van der Waals surface area contributed by atoms with Gasteiger partial charge in [-0.05, 0) is 12.8 Å². The SMILES string of the molecule is C#CCN(C)C(=O)[C@@H]1CC[C@H](C(=O)O)O1. The highest BCUT2D eigenvalue weighted by Crippen LogP contribution is 2.21. The van der Waals surface area contributed by atoms with E-state index in [1.165, 1.54) is 4.90 Å². The van der Waals surface area contributed by atoms with E-state index >= 15 is 0 Å². The van der Waals surface area contributed by atoms with Gasteiger partial charge in [0.2, 0.25) is 0 Å². The molecule has 2 atom stereocenters. The molecule has 1 rings (SSSR count). The number of terminal acetylenes is 1. The maximum atomic E-state index is 11.6. The molecule has 0 radical (unpaired) electrons. The number of likely N-dealkylation sites (N-methyl/N-ethyl adjacent to an activating group) is 1. The van der Waals surface area contributed by atoms with Gasteiger partial charge in [0, 0.05) is 7.05 Å².